The van der Waals surface area contributed by atoms with Crippen LogP contribution in [0.15, 0.2) is 12.2 Å². The van der Waals surface area contributed by atoms with Crippen molar-refractivity contribution in [2.24, 2.45) is 5.41 Å². The first-order chi connectivity index (χ1) is 8.33. The molecule has 4 nitrogen and oxygen atoms in total. The largest absolute Gasteiger partial charge is 0.478 e. The molecule has 0 rings (SSSR count). The number of aliphatic carboxylic acids is 1. The van der Waals surface area contributed by atoms with Gasteiger partial charge in [0, 0.05) is 11.5 Å². The summed E-state index contributed by atoms with van der Waals surface area (Å²) in [5, 5.41) is 18.3. The average Bonchev–Trinajstić information content (AvgIpc) is 2.22. The van der Waals surface area contributed by atoms with Crippen LogP contribution in [0.25, 0.3) is 0 Å². The Labute approximate surface area is 117 Å². The summed E-state index contributed by atoms with van der Waals surface area (Å²) in [5.74, 6) is -1.00. The van der Waals surface area contributed by atoms with Gasteiger partial charge in [-0.2, -0.15) is 0 Å². The van der Waals surface area contributed by atoms with Crippen LogP contribution >= 0.6 is 0 Å². The van der Waals surface area contributed by atoms with Crippen LogP contribution in [-0.2, 0) is 9.22 Å². The van der Waals surface area contributed by atoms with Crippen LogP contribution in [-0.4, -0.2) is 37.2 Å². The molecular formula is C14H28O4Si. The number of carbonyl (C=O) groups is 1. The Balaban J connectivity index is 5.24. The van der Waals surface area contributed by atoms with E-state index in [0.29, 0.717) is 0 Å². The van der Waals surface area contributed by atoms with Crippen LogP contribution in [0.3, 0.4) is 0 Å². The molecule has 19 heavy (non-hydrogen) atoms. The molecule has 0 saturated carbocycles. The number of aliphatic hydroxyl groups is 1. The van der Waals surface area contributed by atoms with Crippen molar-refractivity contribution in [3.8, 4) is 0 Å². The predicted octanol–water partition coefficient (Wildman–Crippen LogP) is 3.04. The summed E-state index contributed by atoms with van der Waals surface area (Å²) in [4.78, 5) is 10.7. The van der Waals surface area contributed by atoms with Crippen molar-refractivity contribution in [3.05, 3.63) is 12.2 Å². The zero-order valence-corrected chi connectivity index (χ0v) is 14.2. The molecule has 0 radical (unpaired) electrons. The topological polar surface area (TPSA) is 66.8 Å². The van der Waals surface area contributed by atoms with Gasteiger partial charge in [-0.15, -0.1) is 0 Å². The van der Waals surface area contributed by atoms with Crippen molar-refractivity contribution in [2.75, 3.05) is 6.61 Å². The molecule has 0 spiro atoms. The van der Waals surface area contributed by atoms with Gasteiger partial charge in [-0.3, -0.25) is 0 Å². The summed E-state index contributed by atoms with van der Waals surface area (Å²) in [5.41, 5.74) is -0.512. The lowest BCUT2D eigenvalue weighted by Crippen LogP contribution is -2.48. The van der Waals surface area contributed by atoms with Crippen LogP contribution < -0.4 is 0 Å². The summed E-state index contributed by atoms with van der Waals surface area (Å²) in [6, 6.07) is 0. The van der Waals surface area contributed by atoms with Gasteiger partial charge >= 0.3 is 5.97 Å². The number of carboxylic acid groups (broad SMARTS) is 1. The van der Waals surface area contributed by atoms with E-state index >= 15 is 0 Å². The van der Waals surface area contributed by atoms with Gasteiger partial charge in [-0.25, -0.2) is 4.79 Å². The van der Waals surface area contributed by atoms with Gasteiger partial charge in [0.25, 0.3) is 0 Å². The number of hydrogen-bond acceptors (Lipinski definition) is 3. The monoisotopic (exact) mass is 288 g/mol. The molecular weight excluding hydrogens is 260 g/mol. The molecule has 112 valence electrons. The van der Waals surface area contributed by atoms with E-state index in [0.717, 1.165) is 6.08 Å². The molecule has 0 saturated heterocycles. The lowest BCUT2D eigenvalue weighted by molar-refractivity contribution is -0.131. The molecule has 0 aliphatic rings. The second-order valence-electron chi connectivity index (χ2n) is 7.14. The minimum atomic E-state index is -2.02. The Morgan fingerprint density at radius 2 is 1.74 bits per heavy atom. The van der Waals surface area contributed by atoms with Crippen molar-refractivity contribution in [1.82, 2.24) is 0 Å². The van der Waals surface area contributed by atoms with Crippen LogP contribution in [0.2, 0.25) is 18.1 Å². The van der Waals surface area contributed by atoms with Crippen molar-refractivity contribution in [3.63, 3.8) is 0 Å². The lowest BCUT2D eigenvalue weighted by Gasteiger charge is -2.42. The van der Waals surface area contributed by atoms with E-state index in [2.05, 4.69) is 33.9 Å². The molecule has 2 N–H and O–H groups in total. The summed E-state index contributed by atoms with van der Waals surface area (Å²) in [6.07, 6.45) is 2.23. The lowest BCUT2D eigenvalue weighted by atomic mass is 9.87. The highest BCUT2D eigenvalue weighted by Gasteiger charge is 2.41. The Morgan fingerprint density at radius 3 is 2.05 bits per heavy atom. The second-order valence-corrected chi connectivity index (χ2v) is 11.9. The molecule has 1 atom stereocenters. The average molecular weight is 288 g/mol. The van der Waals surface area contributed by atoms with Gasteiger partial charge in [0.15, 0.2) is 8.32 Å². The van der Waals surface area contributed by atoms with E-state index in [1.807, 2.05) is 13.8 Å². The maximum absolute atomic E-state index is 10.7. The van der Waals surface area contributed by atoms with E-state index in [9.17, 15) is 9.90 Å². The van der Waals surface area contributed by atoms with Gasteiger partial charge < -0.3 is 14.6 Å². The Bertz CT molecular complexity index is 340. The maximum atomic E-state index is 10.7. The Morgan fingerprint density at radius 1 is 1.26 bits per heavy atom. The van der Waals surface area contributed by atoms with Crippen molar-refractivity contribution >= 4 is 14.3 Å². The summed E-state index contributed by atoms with van der Waals surface area (Å²) < 4.78 is 6.24. The zero-order valence-electron chi connectivity index (χ0n) is 13.2. The highest BCUT2D eigenvalue weighted by Crippen LogP contribution is 2.39. The minimum Gasteiger partial charge on any atom is -0.478 e. The van der Waals surface area contributed by atoms with Gasteiger partial charge in [-0.1, -0.05) is 34.6 Å². The van der Waals surface area contributed by atoms with Crippen LogP contribution in [0.4, 0.5) is 0 Å². The first-order valence-electron chi connectivity index (χ1n) is 6.53. The van der Waals surface area contributed by atoms with Crippen LogP contribution in [0.5, 0.6) is 0 Å². The van der Waals surface area contributed by atoms with Gasteiger partial charge in [-0.05, 0) is 24.2 Å². The van der Waals surface area contributed by atoms with E-state index in [1.54, 1.807) is 6.08 Å². The zero-order chi connectivity index (χ0) is 15.5. The molecule has 0 aromatic carbocycles. The summed E-state index contributed by atoms with van der Waals surface area (Å²) in [6.45, 7) is 14.3. The van der Waals surface area contributed by atoms with E-state index in [4.69, 9.17) is 9.53 Å². The standard InChI is InChI=1S/C14H28O4Si/c1-13(2,3)19(6,7)18-11(8-9-12(16)17)14(4,5)10-15/h8-9,11,15H,10H2,1-7H3,(H,16,17)/b9-8+/t11-/m0/s1. The fourth-order valence-corrected chi connectivity index (χ4v) is 2.60. The molecule has 0 bridgehead atoms. The van der Waals surface area contributed by atoms with Crippen LogP contribution in [0.1, 0.15) is 34.6 Å². The minimum absolute atomic E-state index is 0.0356. The molecule has 0 aromatic heterocycles. The maximum Gasteiger partial charge on any atom is 0.328 e. The van der Waals surface area contributed by atoms with E-state index in [1.165, 1.54) is 0 Å². The van der Waals surface area contributed by atoms with Gasteiger partial charge in [0.2, 0.25) is 0 Å². The fourth-order valence-electron chi connectivity index (χ4n) is 1.21. The molecule has 0 aromatic rings. The van der Waals surface area contributed by atoms with Crippen molar-refractivity contribution < 1.29 is 19.4 Å². The van der Waals surface area contributed by atoms with Crippen LogP contribution in [0, 0.1) is 5.41 Å². The Kier molecular flexibility index (Phi) is 5.99. The number of carboxylic acids is 1. The molecule has 5 heteroatoms. The summed E-state index contributed by atoms with van der Waals surface area (Å²) >= 11 is 0. The second kappa shape index (κ2) is 6.20. The third-order valence-corrected chi connectivity index (χ3v) is 8.27. The smallest absolute Gasteiger partial charge is 0.328 e. The highest BCUT2D eigenvalue weighted by atomic mass is 28.4. The molecule has 0 aliphatic carbocycles. The van der Waals surface area contributed by atoms with Crippen molar-refractivity contribution in [2.45, 2.75) is 58.9 Å². The summed E-state index contributed by atoms with van der Waals surface area (Å²) in [7, 11) is -2.02. The van der Waals surface area contributed by atoms with Gasteiger partial charge in [0.1, 0.15) is 0 Å². The number of rotatable bonds is 6. The third-order valence-electron chi connectivity index (χ3n) is 3.82. The van der Waals surface area contributed by atoms with Crippen molar-refractivity contribution in [1.29, 1.82) is 0 Å². The highest BCUT2D eigenvalue weighted by molar-refractivity contribution is 6.74. The molecule has 0 aliphatic heterocycles. The SMILES string of the molecule is CC(C)(CO)[C@H](/C=C/C(=O)O)O[Si](C)(C)C(C)(C)C. The normalized spacial score (nSPS) is 15.8. The molecule has 0 unspecified atom stereocenters. The first kappa shape index (κ1) is 18.3. The first-order valence-corrected chi connectivity index (χ1v) is 9.44. The van der Waals surface area contributed by atoms with E-state index < -0.39 is 25.8 Å². The molecule has 0 heterocycles. The number of hydrogen-bond donors (Lipinski definition) is 2. The van der Waals surface area contributed by atoms with Gasteiger partial charge in [0.05, 0.1) is 12.7 Å². The van der Waals surface area contributed by atoms with E-state index in [-0.39, 0.29) is 11.6 Å². The third kappa shape index (κ3) is 5.46. The molecule has 0 amide bonds. The molecule has 0 fully saturated rings. The quantitative estimate of drug-likeness (QED) is 0.582. The fraction of sp³-hybridized carbons (Fsp3) is 0.786. The number of aliphatic hydroxyl groups excluding tert-OH is 1. The predicted molar refractivity (Wildman–Crippen MR) is 79.7 cm³/mol. The Hall–Kier alpha value is -0.653.